The van der Waals surface area contributed by atoms with Crippen LogP contribution in [0.3, 0.4) is 0 Å². The number of thiol groups is 1. The molecule has 94 valence electrons. The maximum absolute atomic E-state index is 4.43. The normalized spacial score (nSPS) is 40.3. The minimum atomic E-state index is -0.102. The molecule has 2 aliphatic rings. The Balaban J connectivity index is 2.12. The van der Waals surface area contributed by atoms with E-state index in [9.17, 15) is 0 Å². The second-order valence-electron chi connectivity index (χ2n) is 5.54. The van der Waals surface area contributed by atoms with Crippen molar-refractivity contribution in [2.75, 3.05) is 0 Å². The van der Waals surface area contributed by atoms with Gasteiger partial charge in [-0.05, 0) is 25.2 Å². The van der Waals surface area contributed by atoms with Crippen molar-refractivity contribution in [3.8, 4) is 0 Å². The molecule has 0 aromatic rings. The second kappa shape index (κ2) is 4.82. The lowest BCUT2D eigenvalue weighted by Gasteiger charge is -2.51. The van der Waals surface area contributed by atoms with Gasteiger partial charge in [0.25, 0.3) is 0 Å². The van der Waals surface area contributed by atoms with E-state index in [0.717, 1.165) is 0 Å². The average Bonchev–Trinajstić information content (AvgIpc) is 2.44. The van der Waals surface area contributed by atoms with Crippen LogP contribution in [0, 0.1) is 5.41 Å². The lowest BCUT2D eigenvalue weighted by Crippen LogP contribution is -2.78. The fraction of sp³-hybridized carbons (Fsp3) is 1.00. The van der Waals surface area contributed by atoms with Gasteiger partial charge < -0.3 is 0 Å². The molecule has 16 heavy (non-hydrogen) atoms. The van der Waals surface area contributed by atoms with Crippen molar-refractivity contribution in [1.82, 2.24) is 21.7 Å². The molecular formula is C11H24N4S. The molecule has 0 bridgehead atoms. The van der Waals surface area contributed by atoms with Crippen molar-refractivity contribution >= 4 is 12.6 Å². The first-order valence-corrected chi connectivity index (χ1v) is 6.81. The molecule has 0 spiro atoms. The Bertz CT molecular complexity index is 238. The zero-order valence-electron chi connectivity index (χ0n) is 10.3. The summed E-state index contributed by atoms with van der Waals surface area (Å²) in [4.78, 5) is 0. The standard InChI is InChI=1S/C11H24N4S/c1-10(7-5-3-4-6-8-10)11(2)12-9(16)13-15-14-11/h9,12-16H,3-8H2,1-2H3. The number of hydrazine groups is 2. The second-order valence-corrected chi connectivity index (χ2v) is 6.06. The van der Waals surface area contributed by atoms with Gasteiger partial charge in [0.1, 0.15) is 5.50 Å². The summed E-state index contributed by atoms with van der Waals surface area (Å²) in [5.41, 5.74) is 9.54. The van der Waals surface area contributed by atoms with E-state index < -0.39 is 0 Å². The highest BCUT2D eigenvalue weighted by molar-refractivity contribution is 7.80. The van der Waals surface area contributed by atoms with Gasteiger partial charge in [-0.25, -0.2) is 10.9 Å². The van der Waals surface area contributed by atoms with E-state index in [-0.39, 0.29) is 16.6 Å². The Kier molecular flexibility index (Phi) is 3.81. The summed E-state index contributed by atoms with van der Waals surface area (Å²) in [5, 5.41) is 3.51. The van der Waals surface area contributed by atoms with Gasteiger partial charge in [0, 0.05) is 0 Å². The Morgan fingerprint density at radius 3 is 2.25 bits per heavy atom. The van der Waals surface area contributed by atoms with Crippen LogP contribution in [0.4, 0.5) is 0 Å². The van der Waals surface area contributed by atoms with Crippen molar-refractivity contribution < 1.29 is 0 Å². The molecule has 1 aliphatic carbocycles. The molecule has 4 N–H and O–H groups in total. The maximum Gasteiger partial charge on any atom is 0.118 e. The summed E-state index contributed by atoms with van der Waals surface area (Å²) in [6.45, 7) is 4.61. The number of hydrogen-bond acceptors (Lipinski definition) is 5. The summed E-state index contributed by atoms with van der Waals surface area (Å²) in [5.74, 6) is 0. The SMILES string of the molecule is CC1(C2(C)NNNC(S)N2)CCCCCC1. The summed E-state index contributed by atoms with van der Waals surface area (Å²) in [7, 11) is 0. The van der Waals surface area contributed by atoms with Crippen molar-refractivity contribution in [1.29, 1.82) is 0 Å². The number of rotatable bonds is 1. The number of nitrogens with one attached hydrogen (secondary N) is 4. The van der Waals surface area contributed by atoms with Gasteiger partial charge in [-0.3, -0.25) is 5.32 Å². The average molecular weight is 244 g/mol. The van der Waals surface area contributed by atoms with Crippen molar-refractivity contribution in [2.45, 2.75) is 63.5 Å². The lowest BCUT2D eigenvalue weighted by molar-refractivity contribution is 0.00966. The van der Waals surface area contributed by atoms with E-state index in [4.69, 9.17) is 0 Å². The first-order valence-electron chi connectivity index (χ1n) is 6.29. The van der Waals surface area contributed by atoms with E-state index in [1.54, 1.807) is 0 Å². The molecule has 1 saturated carbocycles. The van der Waals surface area contributed by atoms with Gasteiger partial charge in [-0.15, -0.1) is 12.6 Å². The number of hydrogen-bond donors (Lipinski definition) is 5. The first kappa shape index (κ1) is 12.6. The lowest BCUT2D eigenvalue weighted by atomic mass is 9.72. The van der Waals surface area contributed by atoms with E-state index >= 15 is 0 Å². The zero-order valence-corrected chi connectivity index (χ0v) is 11.2. The van der Waals surface area contributed by atoms with Gasteiger partial charge >= 0.3 is 0 Å². The smallest absolute Gasteiger partial charge is 0.118 e. The van der Waals surface area contributed by atoms with Crippen LogP contribution in [0.2, 0.25) is 0 Å². The Morgan fingerprint density at radius 1 is 1.06 bits per heavy atom. The highest BCUT2D eigenvalue weighted by Crippen LogP contribution is 2.42. The van der Waals surface area contributed by atoms with Crippen molar-refractivity contribution in [2.24, 2.45) is 5.41 Å². The summed E-state index contributed by atoms with van der Waals surface area (Å²) in [6.07, 6.45) is 7.96. The molecule has 0 radical (unpaired) electrons. The zero-order chi connectivity index (χ0) is 11.6. The monoisotopic (exact) mass is 244 g/mol. The molecule has 2 unspecified atom stereocenters. The van der Waals surface area contributed by atoms with Crippen LogP contribution in [-0.4, -0.2) is 11.2 Å². The quantitative estimate of drug-likeness (QED) is 0.358. The fourth-order valence-electron chi connectivity index (χ4n) is 2.91. The largest absolute Gasteiger partial charge is 0.273 e. The molecule has 0 aromatic carbocycles. The third kappa shape index (κ3) is 2.38. The topological polar surface area (TPSA) is 48.1 Å². The molecule has 1 heterocycles. The van der Waals surface area contributed by atoms with Crippen LogP contribution < -0.4 is 21.7 Å². The third-order valence-corrected chi connectivity index (χ3v) is 4.62. The summed E-state index contributed by atoms with van der Waals surface area (Å²) in [6, 6.07) is 0. The molecule has 4 nitrogen and oxygen atoms in total. The van der Waals surface area contributed by atoms with Crippen LogP contribution in [0.1, 0.15) is 52.4 Å². The molecule has 2 rings (SSSR count). The Labute approximate surface area is 104 Å². The molecule has 2 atom stereocenters. The van der Waals surface area contributed by atoms with Crippen molar-refractivity contribution in [3.05, 3.63) is 0 Å². The van der Waals surface area contributed by atoms with E-state index in [0.29, 0.717) is 0 Å². The minimum absolute atomic E-state index is 0.00803. The van der Waals surface area contributed by atoms with Gasteiger partial charge in [0.05, 0.1) is 5.66 Å². The molecule has 0 aromatic heterocycles. The van der Waals surface area contributed by atoms with Crippen LogP contribution in [0.15, 0.2) is 0 Å². The summed E-state index contributed by atoms with van der Waals surface area (Å²) >= 11 is 4.43. The van der Waals surface area contributed by atoms with Crippen LogP contribution in [-0.2, 0) is 0 Å². The first-order chi connectivity index (χ1) is 7.56. The molecule has 1 saturated heterocycles. The van der Waals surface area contributed by atoms with Crippen LogP contribution in [0.5, 0.6) is 0 Å². The van der Waals surface area contributed by atoms with E-state index in [1.165, 1.54) is 38.5 Å². The molecule has 1 aliphatic heterocycles. The predicted octanol–water partition coefficient (Wildman–Crippen LogP) is 1.48. The van der Waals surface area contributed by atoms with Crippen LogP contribution >= 0.6 is 12.6 Å². The Hall–Kier alpha value is 0.190. The fourth-order valence-corrected chi connectivity index (χ4v) is 3.23. The van der Waals surface area contributed by atoms with Gasteiger partial charge in [0.15, 0.2) is 0 Å². The van der Waals surface area contributed by atoms with Gasteiger partial charge in [-0.1, -0.05) is 32.6 Å². The predicted molar refractivity (Wildman–Crippen MR) is 69.5 cm³/mol. The van der Waals surface area contributed by atoms with Gasteiger partial charge in [-0.2, -0.15) is 5.53 Å². The minimum Gasteiger partial charge on any atom is -0.273 e. The highest BCUT2D eigenvalue weighted by Gasteiger charge is 2.46. The van der Waals surface area contributed by atoms with Crippen LogP contribution in [0.25, 0.3) is 0 Å². The Morgan fingerprint density at radius 2 is 1.69 bits per heavy atom. The molecular weight excluding hydrogens is 220 g/mol. The van der Waals surface area contributed by atoms with E-state index in [1.807, 2.05) is 0 Å². The molecule has 5 heteroatoms. The molecule has 0 amide bonds. The van der Waals surface area contributed by atoms with Crippen molar-refractivity contribution in [3.63, 3.8) is 0 Å². The van der Waals surface area contributed by atoms with Gasteiger partial charge in [0.2, 0.25) is 0 Å². The maximum atomic E-state index is 4.43. The third-order valence-electron chi connectivity index (χ3n) is 4.36. The molecule has 2 fully saturated rings. The summed E-state index contributed by atoms with van der Waals surface area (Å²) < 4.78 is 0. The highest BCUT2D eigenvalue weighted by atomic mass is 32.1. The van der Waals surface area contributed by atoms with E-state index in [2.05, 4.69) is 48.2 Å².